The van der Waals surface area contributed by atoms with Crippen LogP contribution in [0.1, 0.15) is 33.1 Å². The Morgan fingerprint density at radius 2 is 2.23 bits per heavy atom. The SMILES string of the molecule is CCOC(=O)CCNCC1(C)CC1. The Morgan fingerprint density at radius 1 is 1.54 bits per heavy atom. The minimum atomic E-state index is -0.101. The van der Waals surface area contributed by atoms with Gasteiger partial charge in [0.15, 0.2) is 0 Å². The average Bonchev–Trinajstić information content (AvgIpc) is 2.79. The Hall–Kier alpha value is -0.570. The van der Waals surface area contributed by atoms with E-state index in [4.69, 9.17) is 4.74 Å². The number of hydrogen-bond donors (Lipinski definition) is 1. The zero-order valence-electron chi connectivity index (χ0n) is 8.56. The standard InChI is InChI=1S/C10H19NO2/c1-3-13-9(12)4-7-11-8-10(2)5-6-10/h11H,3-8H2,1-2H3. The smallest absolute Gasteiger partial charge is 0.307 e. The third-order valence-electron chi connectivity index (χ3n) is 2.47. The largest absolute Gasteiger partial charge is 0.466 e. The predicted molar refractivity (Wildman–Crippen MR) is 51.5 cm³/mol. The van der Waals surface area contributed by atoms with Crippen LogP contribution in [-0.2, 0) is 9.53 Å². The van der Waals surface area contributed by atoms with Gasteiger partial charge in [-0.2, -0.15) is 0 Å². The molecule has 0 heterocycles. The number of nitrogens with one attached hydrogen (secondary N) is 1. The number of ether oxygens (including phenoxy) is 1. The molecule has 0 aromatic carbocycles. The van der Waals surface area contributed by atoms with Gasteiger partial charge in [-0.05, 0) is 25.2 Å². The topological polar surface area (TPSA) is 38.3 Å². The summed E-state index contributed by atoms with van der Waals surface area (Å²) in [4.78, 5) is 10.9. The Labute approximate surface area is 79.8 Å². The molecule has 0 unspecified atom stereocenters. The van der Waals surface area contributed by atoms with E-state index in [9.17, 15) is 4.79 Å². The van der Waals surface area contributed by atoms with Gasteiger partial charge in [0.2, 0.25) is 0 Å². The van der Waals surface area contributed by atoms with Gasteiger partial charge in [-0.15, -0.1) is 0 Å². The van der Waals surface area contributed by atoms with Crippen molar-refractivity contribution in [3.05, 3.63) is 0 Å². The van der Waals surface area contributed by atoms with E-state index < -0.39 is 0 Å². The summed E-state index contributed by atoms with van der Waals surface area (Å²) in [7, 11) is 0. The van der Waals surface area contributed by atoms with E-state index in [1.807, 2.05) is 6.92 Å². The predicted octanol–water partition coefficient (Wildman–Crippen LogP) is 1.33. The van der Waals surface area contributed by atoms with Crippen molar-refractivity contribution in [2.24, 2.45) is 5.41 Å². The molecule has 0 aromatic heterocycles. The molecule has 13 heavy (non-hydrogen) atoms. The van der Waals surface area contributed by atoms with E-state index in [2.05, 4.69) is 12.2 Å². The first-order valence-corrected chi connectivity index (χ1v) is 5.03. The molecule has 0 aliphatic heterocycles. The number of esters is 1. The van der Waals surface area contributed by atoms with Crippen LogP contribution in [0.2, 0.25) is 0 Å². The van der Waals surface area contributed by atoms with Gasteiger partial charge in [0.1, 0.15) is 0 Å². The van der Waals surface area contributed by atoms with Gasteiger partial charge < -0.3 is 10.1 Å². The minimum Gasteiger partial charge on any atom is -0.466 e. The first-order chi connectivity index (χ1) is 6.16. The van der Waals surface area contributed by atoms with Crippen LogP contribution in [0.15, 0.2) is 0 Å². The molecule has 0 bridgehead atoms. The van der Waals surface area contributed by atoms with Crippen molar-refractivity contribution in [1.82, 2.24) is 5.32 Å². The summed E-state index contributed by atoms with van der Waals surface area (Å²) in [6, 6.07) is 0. The zero-order valence-corrected chi connectivity index (χ0v) is 8.56. The fourth-order valence-corrected chi connectivity index (χ4v) is 1.20. The van der Waals surface area contributed by atoms with Crippen molar-refractivity contribution in [2.45, 2.75) is 33.1 Å². The van der Waals surface area contributed by atoms with Crippen molar-refractivity contribution in [2.75, 3.05) is 19.7 Å². The highest BCUT2D eigenvalue weighted by Crippen LogP contribution is 2.43. The van der Waals surface area contributed by atoms with Crippen molar-refractivity contribution < 1.29 is 9.53 Å². The Kier molecular flexibility index (Phi) is 3.72. The van der Waals surface area contributed by atoms with Gasteiger partial charge in [0.05, 0.1) is 13.0 Å². The molecule has 1 aliphatic carbocycles. The molecule has 0 spiro atoms. The molecule has 76 valence electrons. The number of hydrogen-bond acceptors (Lipinski definition) is 3. The van der Waals surface area contributed by atoms with Crippen molar-refractivity contribution in [3.8, 4) is 0 Å². The highest BCUT2D eigenvalue weighted by molar-refractivity contribution is 5.69. The molecule has 0 saturated heterocycles. The maximum atomic E-state index is 10.9. The number of rotatable bonds is 6. The van der Waals surface area contributed by atoms with Crippen LogP contribution in [-0.4, -0.2) is 25.7 Å². The molecule has 3 heteroatoms. The molecule has 1 N–H and O–H groups in total. The quantitative estimate of drug-likeness (QED) is 0.501. The molecular weight excluding hydrogens is 166 g/mol. The van der Waals surface area contributed by atoms with Gasteiger partial charge in [0.25, 0.3) is 0 Å². The lowest BCUT2D eigenvalue weighted by Crippen LogP contribution is -2.25. The van der Waals surface area contributed by atoms with Gasteiger partial charge in [-0.3, -0.25) is 4.79 Å². The Balaban J connectivity index is 1.91. The van der Waals surface area contributed by atoms with Crippen molar-refractivity contribution >= 4 is 5.97 Å². The summed E-state index contributed by atoms with van der Waals surface area (Å²) < 4.78 is 4.81. The van der Waals surface area contributed by atoms with E-state index in [-0.39, 0.29) is 5.97 Å². The van der Waals surface area contributed by atoms with Crippen LogP contribution in [0, 0.1) is 5.41 Å². The Morgan fingerprint density at radius 3 is 2.77 bits per heavy atom. The molecular formula is C10H19NO2. The lowest BCUT2D eigenvalue weighted by Gasteiger charge is -2.09. The first kappa shape index (κ1) is 10.5. The normalized spacial score (nSPS) is 18.3. The number of carbonyl (C=O) groups excluding carboxylic acids is 1. The number of carbonyl (C=O) groups is 1. The molecule has 0 atom stereocenters. The van der Waals surface area contributed by atoms with Gasteiger partial charge in [-0.25, -0.2) is 0 Å². The fourth-order valence-electron chi connectivity index (χ4n) is 1.20. The first-order valence-electron chi connectivity index (χ1n) is 5.03. The molecule has 1 rings (SSSR count). The maximum Gasteiger partial charge on any atom is 0.307 e. The maximum absolute atomic E-state index is 10.9. The van der Waals surface area contributed by atoms with Crippen LogP contribution in [0.5, 0.6) is 0 Å². The molecule has 0 amide bonds. The summed E-state index contributed by atoms with van der Waals surface area (Å²) in [6.07, 6.45) is 3.13. The molecule has 1 aliphatic rings. The third kappa shape index (κ3) is 4.27. The van der Waals surface area contributed by atoms with E-state index >= 15 is 0 Å². The van der Waals surface area contributed by atoms with Crippen LogP contribution < -0.4 is 5.32 Å². The van der Waals surface area contributed by atoms with E-state index in [1.54, 1.807) is 0 Å². The zero-order chi connectivity index (χ0) is 9.73. The third-order valence-corrected chi connectivity index (χ3v) is 2.47. The highest BCUT2D eigenvalue weighted by atomic mass is 16.5. The minimum absolute atomic E-state index is 0.101. The van der Waals surface area contributed by atoms with Crippen LogP contribution in [0.25, 0.3) is 0 Å². The molecule has 1 saturated carbocycles. The van der Waals surface area contributed by atoms with E-state index in [1.165, 1.54) is 12.8 Å². The molecule has 1 fully saturated rings. The van der Waals surface area contributed by atoms with Gasteiger partial charge in [0, 0.05) is 13.1 Å². The summed E-state index contributed by atoms with van der Waals surface area (Å²) in [5.74, 6) is -0.101. The second-order valence-corrected chi connectivity index (χ2v) is 4.04. The Bertz CT molecular complexity index is 176. The second-order valence-electron chi connectivity index (χ2n) is 4.04. The highest BCUT2D eigenvalue weighted by Gasteiger charge is 2.36. The van der Waals surface area contributed by atoms with E-state index in [0.717, 1.165) is 13.1 Å². The average molecular weight is 185 g/mol. The lowest BCUT2D eigenvalue weighted by molar-refractivity contribution is -0.142. The second kappa shape index (κ2) is 4.61. The van der Waals surface area contributed by atoms with Crippen LogP contribution in [0.4, 0.5) is 0 Å². The molecule has 3 nitrogen and oxygen atoms in total. The summed E-state index contributed by atoms with van der Waals surface area (Å²) >= 11 is 0. The molecule has 0 radical (unpaired) electrons. The van der Waals surface area contributed by atoms with Gasteiger partial charge in [-0.1, -0.05) is 6.92 Å². The van der Waals surface area contributed by atoms with Crippen molar-refractivity contribution in [3.63, 3.8) is 0 Å². The van der Waals surface area contributed by atoms with Crippen LogP contribution in [0.3, 0.4) is 0 Å². The summed E-state index contributed by atoms with van der Waals surface area (Å²) in [5.41, 5.74) is 0.522. The summed E-state index contributed by atoms with van der Waals surface area (Å²) in [6.45, 7) is 6.36. The van der Waals surface area contributed by atoms with Crippen LogP contribution >= 0.6 is 0 Å². The van der Waals surface area contributed by atoms with Crippen molar-refractivity contribution in [1.29, 1.82) is 0 Å². The summed E-state index contributed by atoms with van der Waals surface area (Å²) in [5, 5.41) is 3.28. The van der Waals surface area contributed by atoms with Gasteiger partial charge >= 0.3 is 5.97 Å². The molecule has 0 aromatic rings. The fraction of sp³-hybridized carbons (Fsp3) is 0.900. The van der Waals surface area contributed by atoms with E-state index in [0.29, 0.717) is 18.4 Å². The monoisotopic (exact) mass is 185 g/mol. The lowest BCUT2D eigenvalue weighted by atomic mass is 10.1.